The van der Waals surface area contributed by atoms with Gasteiger partial charge >= 0.3 is 0 Å². The number of aliphatic hydroxyl groups excluding tert-OH is 1. The van der Waals surface area contributed by atoms with Crippen LogP contribution in [0.2, 0.25) is 5.02 Å². The Hall–Kier alpha value is -3.40. The van der Waals surface area contributed by atoms with Crippen molar-refractivity contribution >= 4 is 61.3 Å². The summed E-state index contributed by atoms with van der Waals surface area (Å²) < 4.78 is 12.5. The molecule has 1 N–H and O–H groups in total. The highest BCUT2D eigenvalue weighted by molar-refractivity contribution is 7.22. The van der Waals surface area contributed by atoms with Gasteiger partial charge in [-0.15, -0.1) is 11.3 Å². The molecule has 3 heterocycles. The van der Waals surface area contributed by atoms with Gasteiger partial charge in [0.15, 0.2) is 22.4 Å². The van der Waals surface area contributed by atoms with Crippen LogP contribution < -0.4 is 14.4 Å². The van der Waals surface area contributed by atoms with Crippen molar-refractivity contribution in [1.29, 1.82) is 0 Å². The molecule has 2 aromatic heterocycles. The number of nitrogens with zero attached hydrogens (tertiary/aromatic N) is 2. The van der Waals surface area contributed by atoms with E-state index in [4.69, 9.17) is 21.1 Å². The number of ketones is 1. The Kier molecular flexibility index (Phi) is 7.19. The van der Waals surface area contributed by atoms with Crippen molar-refractivity contribution in [3.05, 3.63) is 80.7 Å². The lowest BCUT2D eigenvalue weighted by molar-refractivity contribution is -0.117. The number of carbonyl (C=O) groups is 2. The SMILES string of the molecule is CCCOc1ccc(C2C(C(=O)c3cccs3)=C(O)C(=O)N2c2nc3ccc(Cl)cc3s2)cc1OCC. The van der Waals surface area contributed by atoms with Crippen molar-refractivity contribution in [2.75, 3.05) is 18.1 Å². The number of carbonyl (C=O) groups excluding carboxylic acids is 2. The minimum Gasteiger partial charge on any atom is -0.503 e. The number of Topliss-reactive ketones (excluding diaryl/α,β-unsaturated/α-hetero) is 1. The average molecular weight is 555 g/mol. The average Bonchev–Trinajstić information content (AvgIpc) is 3.62. The number of halogens is 1. The van der Waals surface area contributed by atoms with Gasteiger partial charge in [-0.1, -0.05) is 42.0 Å². The molecule has 2 aromatic carbocycles. The number of hydrogen-bond donors (Lipinski definition) is 1. The third-order valence-corrected chi connectivity index (χ3v) is 7.91. The van der Waals surface area contributed by atoms with Gasteiger partial charge in [0.2, 0.25) is 5.78 Å². The summed E-state index contributed by atoms with van der Waals surface area (Å²) in [6, 6.07) is 13.1. The molecule has 0 aliphatic carbocycles. The fraction of sp³-hybridized carbons (Fsp3) is 0.222. The van der Waals surface area contributed by atoms with Gasteiger partial charge in [-0.2, -0.15) is 0 Å². The maximum atomic E-state index is 13.6. The number of aromatic nitrogens is 1. The molecule has 0 radical (unpaired) electrons. The van der Waals surface area contributed by atoms with E-state index in [-0.39, 0.29) is 5.57 Å². The molecule has 4 aromatic rings. The first-order chi connectivity index (χ1) is 17.9. The van der Waals surface area contributed by atoms with Crippen LogP contribution in [-0.2, 0) is 4.79 Å². The molecule has 1 aliphatic heterocycles. The van der Waals surface area contributed by atoms with Crippen molar-refractivity contribution < 1.29 is 24.2 Å². The normalized spacial score (nSPS) is 15.6. The molecular formula is C27H23ClN2O5S2. The monoisotopic (exact) mass is 554 g/mol. The fourth-order valence-corrected chi connectivity index (χ4v) is 6.12. The molecule has 1 amide bonds. The zero-order valence-corrected chi connectivity index (χ0v) is 22.5. The summed E-state index contributed by atoms with van der Waals surface area (Å²) in [5.74, 6) is -0.644. The first kappa shape index (κ1) is 25.3. The van der Waals surface area contributed by atoms with Gasteiger partial charge in [0, 0.05) is 5.02 Å². The quantitative estimate of drug-likeness (QED) is 0.224. The summed E-state index contributed by atoms with van der Waals surface area (Å²) >= 11 is 8.67. The van der Waals surface area contributed by atoms with Gasteiger partial charge in [-0.25, -0.2) is 4.98 Å². The number of ether oxygens (including phenoxy) is 2. The van der Waals surface area contributed by atoms with E-state index in [1.165, 1.54) is 27.6 Å². The molecule has 0 bridgehead atoms. The molecule has 190 valence electrons. The molecule has 37 heavy (non-hydrogen) atoms. The van der Waals surface area contributed by atoms with Crippen molar-refractivity contribution in [3.8, 4) is 11.5 Å². The third kappa shape index (κ3) is 4.70. The summed E-state index contributed by atoms with van der Waals surface area (Å²) in [5.41, 5.74) is 1.24. The van der Waals surface area contributed by atoms with E-state index in [1.54, 1.807) is 53.9 Å². The molecule has 10 heteroatoms. The number of anilines is 1. The first-order valence-corrected chi connectivity index (χ1v) is 13.8. The Labute approximate surface area is 226 Å². The summed E-state index contributed by atoms with van der Waals surface area (Å²) in [6.45, 7) is 4.80. The molecule has 0 saturated heterocycles. The summed E-state index contributed by atoms with van der Waals surface area (Å²) in [4.78, 5) is 33.5. The van der Waals surface area contributed by atoms with Crippen LogP contribution in [0.25, 0.3) is 10.2 Å². The number of rotatable bonds is 9. The lowest BCUT2D eigenvalue weighted by Gasteiger charge is -2.25. The Morgan fingerprint density at radius 2 is 1.97 bits per heavy atom. The topological polar surface area (TPSA) is 89.0 Å². The van der Waals surface area contributed by atoms with E-state index >= 15 is 0 Å². The van der Waals surface area contributed by atoms with Crippen molar-refractivity contribution in [3.63, 3.8) is 0 Å². The van der Waals surface area contributed by atoms with Crippen LogP contribution >= 0.6 is 34.3 Å². The molecule has 1 unspecified atom stereocenters. The molecule has 0 spiro atoms. The number of benzene rings is 2. The number of fused-ring (bicyclic) bond motifs is 1. The number of thiazole rings is 1. The van der Waals surface area contributed by atoms with E-state index in [1.807, 2.05) is 13.8 Å². The predicted octanol–water partition coefficient (Wildman–Crippen LogP) is 6.98. The smallest absolute Gasteiger partial charge is 0.296 e. The van der Waals surface area contributed by atoms with Gasteiger partial charge < -0.3 is 14.6 Å². The van der Waals surface area contributed by atoms with E-state index in [0.29, 0.717) is 50.8 Å². The zero-order valence-electron chi connectivity index (χ0n) is 20.1. The largest absolute Gasteiger partial charge is 0.503 e. The van der Waals surface area contributed by atoms with Crippen molar-refractivity contribution in [2.45, 2.75) is 26.3 Å². The third-order valence-electron chi connectivity index (χ3n) is 5.79. The lowest BCUT2D eigenvalue weighted by Crippen LogP contribution is -2.31. The molecule has 1 aliphatic rings. The maximum Gasteiger partial charge on any atom is 0.296 e. The summed E-state index contributed by atoms with van der Waals surface area (Å²) in [5, 5.41) is 13.7. The van der Waals surface area contributed by atoms with Crippen LogP contribution in [0.5, 0.6) is 11.5 Å². The second-order valence-corrected chi connectivity index (χ2v) is 10.6. The minimum absolute atomic E-state index is 0.00517. The predicted molar refractivity (Wildman–Crippen MR) is 147 cm³/mol. The van der Waals surface area contributed by atoms with Crippen LogP contribution in [0.15, 0.2) is 65.2 Å². The van der Waals surface area contributed by atoms with Gasteiger partial charge in [-0.05, 0) is 60.7 Å². The molecule has 5 rings (SSSR count). The number of hydrogen-bond acceptors (Lipinski definition) is 8. The number of amides is 1. The van der Waals surface area contributed by atoms with E-state index in [2.05, 4.69) is 4.98 Å². The molecule has 1 atom stereocenters. The highest BCUT2D eigenvalue weighted by atomic mass is 35.5. The Balaban J connectivity index is 1.67. The van der Waals surface area contributed by atoms with Gasteiger partial charge in [0.1, 0.15) is 0 Å². The number of aliphatic hydroxyl groups is 1. The van der Waals surface area contributed by atoms with E-state index in [9.17, 15) is 14.7 Å². The fourth-order valence-electron chi connectivity index (χ4n) is 4.17. The zero-order chi connectivity index (χ0) is 26.1. The van der Waals surface area contributed by atoms with Gasteiger partial charge in [0.05, 0.1) is 39.9 Å². The number of thiophene rings is 1. The van der Waals surface area contributed by atoms with Gasteiger partial charge in [-0.3, -0.25) is 14.5 Å². The van der Waals surface area contributed by atoms with Crippen molar-refractivity contribution in [1.82, 2.24) is 4.98 Å². The van der Waals surface area contributed by atoms with Crippen LogP contribution in [0.1, 0.15) is 41.5 Å². The van der Waals surface area contributed by atoms with E-state index in [0.717, 1.165) is 11.1 Å². The summed E-state index contributed by atoms with van der Waals surface area (Å²) in [6.07, 6.45) is 0.829. The Morgan fingerprint density at radius 1 is 1.14 bits per heavy atom. The highest BCUT2D eigenvalue weighted by Crippen LogP contribution is 2.46. The highest BCUT2D eigenvalue weighted by Gasteiger charge is 2.46. The van der Waals surface area contributed by atoms with Crippen LogP contribution in [0, 0.1) is 0 Å². The standard InChI is InChI=1S/C27H23ClN2O5S2/c1-3-11-35-18-10-7-15(13-19(18)34-4-2)23-22(24(31)20-6-5-12-36-20)25(32)26(33)30(23)27-29-17-9-8-16(28)14-21(17)37-27/h5-10,12-14,23,32H,3-4,11H2,1-2H3. The first-order valence-electron chi connectivity index (χ1n) is 11.7. The van der Waals surface area contributed by atoms with Gasteiger partial charge in [0.25, 0.3) is 5.91 Å². The molecule has 7 nitrogen and oxygen atoms in total. The summed E-state index contributed by atoms with van der Waals surface area (Å²) in [7, 11) is 0. The second kappa shape index (κ2) is 10.5. The van der Waals surface area contributed by atoms with Crippen LogP contribution in [0.3, 0.4) is 0 Å². The lowest BCUT2D eigenvalue weighted by atomic mass is 9.95. The van der Waals surface area contributed by atoms with Crippen LogP contribution in [-0.4, -0.2) is 35.0 Å². The van der Waals surface area contributed by atoms with Crippen molar-refractivity contribution in [2.24, 2.45) is 0 Å². The Morgan fingerprint density at radius 3 is 2.70 bits per heavy atom. The Bertz CT molecular complexity index is 1510. The second-order valence-electron chi connectivity index (χ2n) is 8.24. The van der Waals surface area contributed by atoms with Crippen LogP contribution in [0.4, 0.5) is 5.13 Å². The molecular weight excluding hydrogens is 532 g/mol. The maximum absolute atomic E-state index is 13.6. The minimum atomic E-state index is -0.919. The molecule has 0 saturated carbocycles. The van der Waals surface area contributed by atoms with E-state index < -0.39 is 23.5 Å². The molecule has 0 fully saturated rings.